The summed E-state index contributed by atoms with van der Waals surface area (Å²) in [6.45, 7) is 2.89. The van der Waals surface area contributed by atoms with Crippen LogP contribution in [0.4, 0.5) is 0 Å². The van der Waals surface area contributed by atoms with Crippen molar-refractivity contribution in [3.63, 3.8) is 0 Å². The number of carbonyl (C=O) groups is 1. The van der Waals surface area contributed by atoms with Crippen LogP contribution in [0.3, 0.4) is 0 Å². The lowest BCUT2D eigenvalue weighted by atomic mass is 10.1. The van der Waals surface area contributed by atoms with Gasteiger partial charge in [0.1, 0.15) is 5.75 Å². The van der Waals surface area contributed by atoms with Crippen LogP contribution < -0.4 is 10.1 Å². The molecule has 0 saturated carbocycles. The monoisotopic (exact) mass is 466 g/mol. The summed E-state index contributed by atoms with van der Waals surface area (Å²) in [5, 5.41) is 2.88. The Balaban J connectivity index is 1.54. The number of hydrogen-bond acceptors (Lipinski definition) is 4. The van der Waals surface area contributed by atoms with Crippen molar-refractivity contribution < 1.29 is 17.9 Å². The second kappa shape index (κ2) is 9.07. The van der Waals surface area contributed by atoms with E-state index in [-0.39, 0.29) is 23.5 Å². The van der Waals surface area contributed by atoms with E-state index in [9.17, 15) is 13.2 Å². The Morgan fingerprint density at radius 2 is 1.86 bits per heavy atom. The van der Waals surface area contributed by atoms with Gasteiger partial charge < -0.3 is 10.1 Å². The Hall–Kier alpha value is -1.90. The Morgan fingerprint density at radius 1 is 1.18 bits per heavy atom. The zero-order chi connectivity index (χ0) is 20.1. The minimum absolute atomic E-state index is 0.142. The topological polar surface area (TPSA) is 75.7 Å². The molecular weight excluding hydrogens is 444 g/mol. The lowest BCUT2D eigenvalue weighted by molar-refractivity contribution is -0.123. The van der Waals surface area contributed by atoms with Gasteiger partial charge in [0.05, 0.1) is 10.9 Å². The molecule has 0 bridgehead atoms. The number of nitrogens with one attached hydrogen (secondary N) is 1. The molecule has 0 aliphatic carbocycles. The maximum Gasteiger partial charge on any atom is 0.258 e. The van der Waals surface area contributed by atoms with Crippen molar-refractivity contribution >= 4 is 31.9 Å². The highest BCUT2D eigenvalue weighted by atomic mass is 79.9. The van der Waals surface area contributed by atoms with Gasteiger partial charge in [-0.25, -0.2) is 8.42 Å². The predicted molar refractivity (Wildman–Crippen MR) is 111 cm³/mol. The van der Waals surface area contributed by atoms with E-state index in [1.165, 1.54) is 16.4 Å². The van der Waals surface area contributed by atoms with Crippen LogP contribution in [0.1, 0.15) is 31.4 Å². The molecule has 28 heavy (non-hydrogen) atoms. The standard InChI is InChI=1S/C20H23BrN2O4S/c1-15(16-5-4-6-17(21)13-16)22-20(24)14-27-18-7-9-19(10-8-18)28(25,26)23-11-2-3-12-23/h4-10,13,15H,2-3,11-12,14H2,1H3,(H,22,24). The molecule has 0 spiro atoms. The molecule has 1 aliphatic heterocycles. The minimum atomic E-state index is -3.44. The van der Waals surface area contributed by atoms with Gasteiger partial charge in [-0.1, -0.05) is 28.1 Å². The van der Waals surface area contributed by atoms with Crippen molar-refractivity contribution in [3.8, 4) is 5.75 Å². The first-order valence-corrected chi connectivity index (χ1v) is 11.4. The van der Waals surface area contributed by atoms with Crippen molar-refractivity contribution in [2.24, 2.45) is 0 Å². The number of carbonyl (C=O) groups excluding carboxylic acids is 1. The molecule has 2 aromatic carbocycles. The molecule has 1 saturated heterocycles. The van der Waals surface area contributed by atoms with Gasteiger partial charge in [-0.15, -0.1) is 0 Å². The number of nitrogens with zero attached hydrogens (tertiary/aromatic N) is 1. The maximum absolute atomic E-state index is 12.5. The van der Waals surface area contributed by atoms with E-state index < -0.39 is 10.0 Å². The number of amides is 1. The fourth-order valence-corrected chi connectivity index (χ4v) is 5.01. The highest BCUT2D eigenvalue weighted by Gasteiger charge is 2.26. The number of rotatable bonds is 7. The van der Waals surface area contributed by atoms with Crippen LogP contribution >= 0.6 is 15.9 Å². The van der Waals surface area contributed by atoms with E-state index in [1.807, 2.05) is 31.2 Å². The first-order valence-electron chi connectivity index (χ1n) is 9.14. The minimum Gasteiger partial charge on any atom is -0.484 e. The molecule has 1 aliphatic rings. The molecule has 8 heteroatoms. The van der Waals surface area contributed by atoms with Crippen LogP contribution in [0.2, 0.25) is 0 Å². The van der Waals surface area contributed by atoms with Crippen molar-refractivity contribution in [1.29, 1.82) is 0 Å². The molecule has 1 N–H and O–H groups in total. The summed E-state index contributed by atoms with van der Waals surface area (Å²) in [5.74, 6) is 0.201. The smallest absolute Gasteiger partial charge is 0.258 e. The Bertz CT molecular complexity index is 925. The number of ether oxygens (including phenoxy) is 1. The first kappa shape index (κ1) is 20.8. The van der Waals surface area contributed by atoms with Crippen LogP contribution in [0.5, 0.6) is 5.75 Å². The summed E-state index contributed by atoms with van der Waals surface area (Å²) < 4.78 is 33.0. The normalized spacial score (nSPS) is 15.9. The van der Waals surface area contributed by atoms with Crippen LogP contribution in [0.25, 0.3) is 0 Å². The molecule has 6 nitrogen and oxygen atoms in total. The second-order valence-electron chi connectivity index (χ2n) is 6.72. The predicted octanol–water partition coefficient (Wildman–Crippen LogP) is 3.49. The van der Waals surface area contributed by atoms with E-state index >= 15 is 0 Å². The average Bonchev–Trinajstić information content (AvgIpc) is 3.22. The third kappa shape index (κ3) is 5.12. The lowest BCUT2D eigenvalue weighted by Gasteiger charge is -2.16. The molecular formula is C20H23BrN2O4S. The lowest BCUT2D eigenvalue weighted by Crippen LogP contribution is -2.31. The molecule has 1 amide bonds. The number of sulfonamides is 1. The quantitative estimate of drug-likeness (QED) is 0.677. The van der Waals surface area contributed by atoms with E-state index in [4.69, 9.17) is 4.74 Å². The van der Waals surface area contributed by atoms with Crippen LogP contribution in [-0.4, -0.2) is 38.3 Å². The molecule has 2 aromatic rings. The molecule has 1 heterocycles. The highest BCUT2D eigenvalue weighted by Crippen LogP contribution is 2.23. The molecule has 1 fully saturated rings. The van der Waals surface area contributed by atoms with Gasteiger partial charge in [0.25, 0.3) is 5.91 Å². The largest absolute Gasteiger partial charge is 0.484 e. The van der Waals surface area contributed by atoms with E-state index in [0.717, 1.165) is 22.9 Å². The SMILES string of the molecule is CC(NC(=O)COc1ccc(S(=O)(=O)N2CCCC2)cc1)c1cccc(Br)c1. The first-order chi connectivity index (χ1) is 13.4. The van der Waals surface area contributed by atoms with E-state index in [1.54, 1.807) is 12.1 Å². The van der Waals surface area contributed by atoms with Gasteiger partial charge >= 0.3 is 0 Å². The molecule has 150 valence electrons. The van der Waals surface area contributed by atoms with Crippen LogP contribution in [0.15, 0.2) is 57.9 Å². The van der Waals surface area contributed by atoms with Gasteiger partial charge in [-0.2, -0.15) is 4.31 Å². The van der Waals surface area contributed by atoms with Gasteiger partial charge in [0.2, 0.25) is 10.0 Å². The van der Waals surface area contributed by atoms with E-state index in [0.29, 0.717) is 18.8 Å². The maximum atomic E-state index is 12.5. The molecule has 3 rings (SSSR count). The number of hydrogen-bond donors (Lipinski definition) is 1. The highest BCUT2D eigenvalue weighted by molar-refractivity contribution is 9.10. The molecule has 0 aromatic heterocycles. The summed E-state index contributed by atoms with van der Waals surface area (Å²) in [7, 11) is -3.44. The van der Waals surface area contributed by atoms with Gasteiger partial charge in [0.15, 0.2) is 6.61 Å². The summed E-state index contributed by atoms with van der Waals surface area (Å²) in [6, 6.07) is 13.8. The molecule has 1 atom stereocenters. The van der Waals surface area contributed by atoms with Crippen molar-refractivity contribution in [1.82, 2.24) is 9.62 Å². The zero-order valence-corrected chi connectivity index (χ0v) is 18.0. The second-order valence-corrected chi connectivity index (χ2v) is 9.57. The fraction of sp³-hybridized carbons (Fsp3) is 0.350. The van der Waals surface area contributed by atoms with Crippen molar-refractivity contribution in [2.75, 3.05) is 19.7 Å². The average molecular weight is 467 g/mol. The van der Waals surface area contributed by atoms with Crippen molar-refractivity contribution in [2.45, 2.75) is 30.7 Å². The Labute approximate surface area is 174 Å². The summed E-state index contributed by atoms with van der Waals surface area (Å²) >= 11 is 3.42. The molecule has 1 unspecified atom stereocenters. The summed E-state index contributed by atoms with van der Waals surface area (Å²) in [4.78, 5) is 12.4. The Kier molecular flexibility index (Phi) is 6.74. The Morgan fingerprint density at radius 3 is 2.50 bits per heavy atom. The zero-order valence-electron chi connectivity index (χ0n) is 15.6. The van der Waals surface area contributed by atoms with Gasteiger partial charge in [-0.05, 0) is 61.7 Å². The van der Waals surface area contributed by atoms with Gasteiger partial charge in [0, 0.05) is 17.6 Å². The van der Waals surface area contributed by atoms with Gasteiger partial charge in [-0.3, -0.25) is 4.79 Å². The fourth-order valence-electron chi connectivity index (χ4n) is 3.08. The summed E-state index contributed by atoms with van der Waals surface area (Å²) in [5.41, 5.74) is 0.985. The van der Waals surface area contributed by atoms with E-state index in [2.05, 4.69) is 21.2 Å². The third-order valence-corrected chi connectivity index (χ3v) is 7.03. The number of benzene rings is 2. The third-order valence-electron chi connectivity index (χ3n) is 4.62. The van der Waals surface area contributed by atoms with Crippen molar-refractivity contribution in [3.05, 3.63) is 58.6 Å². The van der Waals surface area contributed by atoms with Crippen LogP contribution in [0, 0.1) is 0 Å². The molecule has 0 radical (unpaired) electrons. The van der Waals surface area contributed by atoms with Crippen LogP contribution in [-0.2, 0) is 14.8 Å². The summed E-state index contributed by atoms with van der Waals surface area (Å²) in [6.07, 6.45) is 1.79. The number of halogens is 1.